The van der Waals surface area contributed by atoms with Crippen LogP contribution in [-0.4, -0.2) is 9.78 Å². The van der Waals surface area contributed by atoms with Crippen molar-refractivity contribution in [2.45, 2.75) is 6.92 Å². The van der Waals surface area contributed by atoms with Crippen molar-refractivity contribution in [1.29, 1.82) is 0 Å². The van der Waals surface area contributed by atoms with Crippen LogP contribution in [0.25, 0.3) is 10.9 Å². The molecule has 0 aliphatic heterocycles. The van der Waals surface area contributed by atoms with E-state index >= 15 is 0 Å². The van der Waals surface area contributed by atoms with Gasteiger partial charge in [-0.15, -0.1) is 0 Å². The Morgan fingerprint density at radius 2 is 2.21 bits per heavy atom. The van der Waals surface area contributed by atoms with Gasteiger partial charge in [-0.3, -0.25) is 4.68 Å². The van der Waals surface area contributed by atoms with Crippen LogP contribution >= 0.6 is 38.5 Å². The summed E-state index contributed by atoms with van der Waals surface area (Å²) in [7, 11) is 1.91. The number of nitrogens with two attached hydrogens (primary N) is 1. The zero-order valence-corrected chi connectivity index (χ0v) is 11.5. The maximum absolute atomic E-state index is 5.98. The summed E-state index contributed by atoms with van der Waals surface area (Å²) >= 11 is 5.78. The molecule has 0 amide bonds. The van der Waals surface area contributed by atoms with Crippen molar-refractivity contribution >= 4 is 55.1 Å². The van der Waals surface area contributed by atoms with Crippen LogP contribution < -0.4 is 5.73 Å². The number of fused-ring (bicyclic) bond motifs is 1. The van der Waals surface area contributed by atoms with Gasteiger partial charge in [0.15, 0.2) is 0 Å². The summed E-state index contributed by atoms with van der Waals surface area (Å²) in [5.41, 5.74) is 8.85. The zero-order chi connectivity index (χ0) is 10.5. The first-order chi connectivity index (χ1) is 6.52. The lowest BCUT2D eigenvalue weighted by atomic mass is 10.1. The Kier molecular flexibility index (Phi) is 2.46. The molecule has 1 aromatic heterocycles. The van der Waals surface area contributed by atoms with Crippen LogP contribution in [-0.2, 0) is 7.05 Å². The highest BCUT2D eigenvalue weighted by Gasteiger charge is 2.13. The van der Waals surface area contributed by atoms with E-state index in [4.69, 9.17) is 5.73 Å². The Bertz CT molecular complexity index is 473. The highest BCUT2D eigenvalue weighted by atomic mass is 127. The van der Waals surface area contributed by atoms with E-state index in [0.29, 0.717) is 0 Å². The van der Waals surface area contributed by atoms with E-state index < -0.39 is 0 Å². The molecule has 74 valence electrons. The van der Waals surface area contributed by atoms with Crippen molar-refractivity contribution in [3.63, 3.8) is 0 Å². The lowest BCUT2D eigenvalue weighted by Crippen LogP contribution is -1.95. The topological polar surface area (TPSA) is 43.8 Å². The molecule has 0 saturated carbocycles. The van der Waals surface area contributed by atoms with Gasteiger partial charge in [-0.1, -0.05) is 0 Å². The number of aryl methyl sites for hydroxylation is 1. The van der Waals surface area contributed by atoms with Crippen molar-refractivity contribution in [2.24, 2.45) is 7.05 Å². The largest absolute Gasteiger partial charge is 0.398 e. The third-order valence-electron chi connectivity index (χ3n) is 2.24. The highest BCUT2D eigenvalue weighted by molar-refractivity contribution is 14.1. The Labute approximate surface area is 104 Å². The fourth-order valence-electron chi connectivity index (χ4n) is 1.42. The molecule has 0 aliphatic rings. The smallest absolute Gasteiger partial charge is 0.108 e. The van der Waals surface area contributed by atoms with Crippen molar-refractivity contribution in [3.8, 4) is 0 Å². The Hall–Kier alpha value is -0.300. The second-order valence-electron chi connectivity index (χ2n) is 3.23. The summed E-state index contributed by atoms with van der Waals surface area (Å²) in [4.78, 5) is 0. The second-order valence-corrected chi connectivity index (χ2v) is 5.10. The standard InChI is InChI=1S/C9H9BrIN3/c1-4-6(10)9-5(3-14(2)13-9)7(11)8(4)12/h3H,12H2,1-2H3. The van der Waals surface area contributed by atoms with Crippen LogP contribution in [0.15, 0.2) is 10.7 Å². The van der Waals surface area contributed by atoms with Crippen molar-refractivity contribution < 1.29 is 0 Å². The SMILES string of the molecule is Cc1c(N)c(I)c2cn(C)nc2c1Br. The van der Waals surface area contributed by atoms with Gasteiger partial charge in [-0.2, -0.15) is 5.10 Å². The van der Waals surface area contributed by atoms with Gasteiger partial charge in [-0.25, -0.2) is 0 Å². The molecular weight excluding hydrogens is 357 g/mol. The fraction of sp³-hybridized carbons (Fsp3) is 0.222. The van der Waals surface area contributed by atoms with Crippen LogP contribution in [0.3, 0.4) is 0 Å². The third-order valence-corrected chi connectivity index (χ3v) is 4.38. The van der Waals surface area contributed by atoms with Crippen LogP contribution in [0.4, 0.5) is 5.69 Å². The molecule has 0 aliphatic carbocycles. The molecular formula is C9H9BrIN3. The highest BCUT2D eigenvalue weighted by Crippen LogP contribution is 2.35. The monoisotopic (exact) mass is 365 g/mol. The lowest BCUT2D eigenvalue weighted by molar-refractivity contribution is 0.779. The quantitative estimate of drug-likeness (QED) is 0.576. The number of hydrogen-bond donors (Lipinski definition) is 1. The number of aromatic nitrogens is 2. The third kappa shape index (κ3) is 1.33. The summed E-state index contributed by atoms with van der Waals surface area (Å²) in [5.74, 6) is 0. The molecule has 2 rings (SSSR count). The van der Waals surface area contributed by atoms with Crippen molar-refractivity contribution in [1.82, 2.24) is 9.78 Å². The molecule has 14 heavy (non-hydrogen) atoms. The Morgan fingerprint density at radius 1 is 1.57 bits per heavy atom. The first-order valence-corrected chi connectivity index (χ1v) is 5.96. The summed E-state index contributed by atoms with van der Waals surface area (Å²) in [6, 6.07) is 0. The Balaban J connectivity index is 3.01. The predicted octanol–water partition coefficient (Wildman–Crippen LogP) is 2.83. The normalized spacial score (nSPS) is 11.1. The van der Waals surface area contributed by atoms with Gasteiger partial charge in [0.25, 0.3) is 0 Å². The molecule has 2 N–H and O–H groups in total. The number of hydrogen-bond acceptors (Lipinski definition) is 2. The first kappa shape index (κ1) is 10.2. The van der Waals surface area contributed by atoms with E-state index in [2.05, 4.69) is 43.6 Å². The molecule has 1 aromatic carbocycles. The maximum atomic E-state index is 5.98. The molecule has 0 bridgehead atoms. The minimum absolute atomic E-state index is 0.831. The first-order valence-electron chi connectivity index (χ1n) is 4.08. The minimum Gasteiger partial charge on any atom is -0.398 e. The molecule has 1 heterocycles. The van der Waals surface area contributed by atoms with Gasteiger partial charge < -0.3 is 5.73 Å². The molecule has 0 radical (unpaired) electrons. The number of anilines is 1. The number of nitrogens with zero attached hydrogens (tertiary/aromatic N) is 2. The van der Waals surface area contributed by atoms with Crippen molar-refractivity contribution in [2.75, 3.05) is 5.73 Å². The maximum Gasteiger partial charge on any atom is 0.108 e. The van der Waals surface area contributed by atoms with Gasteiger partial charge in [-0.05, 0) is 51.0 Å². The van der Waals surface area contributed by atoms with E-state index in [-0.39, 0.29) is 0 Å². The van der Waals surface area contributed by atoms with E-state index in [0.717, 1.165) is 30.2 Å². The van der Waals surface area contributed by atoms with Crippen molar-refractivity contribution in [3.05, 3.63) is 19.8 Å². The fourth-order valence-corrected chi connectivity index (χ4v) is 2.72. The number of rotatable bonds is 0. The Morgan fingerprint density at radius 3 is 2.86 bits per heavy atom. The summed E-state index contributed by atoms with van der Waals surface area (Å²) in [5, 5.41) is 5.48. The van der Waals surface area contributed by atoms with Crippen LogP contribution in [0, 0.1) is 10.5 Å². The molecule has 0 unspecified atom stereocenters. The average molecular weight is 366 g/mol. The molecule has 0 atom stereocenters. The molecule has 0 fully saturated rings. The van der Waals surface area contributed by atoms with Gasteiger partial charge in [0.05, 0.1) is 4.47 Å². The van der Waals surface area contributed by atoms with E-state index in [9.17, 15) is 0 Å². The van der Waals surface area contributed by atoms with Crippen LogP contribution in [0.2, 0.25) is 0 Å². The van der Waals surface area contributed by atoms with E-state index in [1.54, 1.807) is 4.68 Å². The van der Waals surface area contributed by atoms with Crippen LogP contribution in [0.5, 0.6) is 0 Å². The average Bonchev–Trinajstić information content (AvgIpc) is 2.54. The zero-order valence-electron chi connectivity index (χ0n) is 7.81. The molecule has 2 aromatic rings. The van der Waals surface area contributed by atoms with E-state index in [1.165, 1.54) is 0 Å². The number of halogens is 2. The van der Waals surface area contributed by atoms with Crippen LogP contribution in [0.1, 0.15) is 5.56 Å². The minimum atomic E-state index is 0.831. The van der Waals surface area contributed by atoms with Gasteiger partial charge in [0, 0.05) is 27.9 Å². The molecule has 3 nitrogen and oxygen atoms in total. The molecule has 0 spiro atoms. The summed E-state index contributed by atoms with van der Waals surface area (Å²) in [6.07, 6.45) is 1.98. The predicted molar refractivity (Wildman–Crippen MR) is 70.3 cm³/mol. The number of nitrogen functional groups attached to an aromatic ring is 1. The van der Waals surface area contributed by atoms with Gasteiger partial charge >= 0.3 is 0 Å². The molecule has 0 saturated heterocycles. The molecule has 5 heteroatoms. The summed E-state index contributed by atoms with van der Waals surface area (Å²) in [6.45, 7) is 2.00. The van der Waals surface area contributed by atoms with Gasteiger partial charge in [0.2, 0.25) is 0 Å². The summed E-state index contributed by atoms with van der Waals surface area (Å²) < 4.78 is 3.87. The van der Waals surface area contributed by atoms with Gasteiger partial charge in [0.1, 0.15) is 5.52 Å². The lowest BCUT2D eigenvalue weighted by Gasteiger charge is -2.06. The van der Waals surface area contributed by atoms with E-state index in [1.807, 2.05) is 20.2 Å². The second kappa shape index (κ2) is 3.37. The number of benzene rings is 1.